The van der Waals surface area contributed by atoms with Crippen LogP contribution in [0.1, 0.15) is 38.7 Å². The highest BCUT2D eigenvalue weighted by molar-refractivity contribution is 5.92. The Kier molecular flexibility index (Phi) is 8.77. The molecule has 174 valence electrons. The molecule has 7 N–H and O–H groups in total. The monoisotopic (exact) mass is 446 g/mol. The van der Waals surface area contributed by atoms with Gasteiger partial charge in [-0.15, -0.1) is 0 Å². The largest absolute Gasteiger partial charge is 0.481 e. The molecule has 2 amide bonds. The molecule has 1 heterocycles. The number of aromatic amines is 1. The fourth-order valence-electron chi connectivity index (χ4n) is 3.38. The maximum absolute atomic E-state index is 12.8. The molecule has 0 saturated heterocycles. The first-order valence-electron chi connectivity index (χ1n) is 10.5. The quantitative estimate of drug-likeness (QED) is 0.282. The lowest BCUT2D eigenvalue weighted by Gasteiger charge is -2.26. The van der Waals surface area contributed by atoms with Gasteiger partial charge in [0.1, 0.15) is 12.1 Å². The Bertz CT molecular complexity index is 972. The van der Waals surface area contributed by atoms with Gasteiger partial charge in [-0.05, 0) is 30.4 Å². The molecule has 10 nitrogen and oxygen atoms in total. The zero-order valence-corrected chi connectivity index (χ0v) is 18.1. The highest BCUT2D eigenvalue weighted by Crippen LogP contribution is 2.19. The number of carboxylic acids is 2. The van der Waals surface area contributed by atoms with Crippen LogP contribution in [0.15, 0.2) is 30.5 Å². The van der Waals surface area contributed by atoms with Crippen LogP contribution in [-0.4, -0.2) is 57.1 Å². The molecule has 0 spiro atoms. The molecule has 2 aromatic rings. The summed E-state index contributed by atoms with van der Waals surface area (Å²) in [5.41, 5.74) is 7.90. The third-order valence-corrected chi connectivity index (χ3v) is 5.51. The van der Waals surface area contributed by atoms with Crippen molar-refractivity contribution in [1.82, 2.24) is 15.6 Å². The SMILES string of the molecule is CCC(C)C(NC(=O)C(N)Cc1c[nH]c2ccccc12)C(=O)NC(CCC(=O)O)C(=O)O. The van der Waals surface area contributed by atoms with E-state index in [1.54, 1.807) is 13.1 Å². The summed E-state index contributed by atoms with van der Waals surface area (Å²) in [4.78, 5) is 50.8. The van der Waals surface area contributed by atoms with Crippen molar-refractivity contribution >= 4 is 34.7 Å². The molecule has 0 fully saturated rings. The zero-order valence-electron chi connectivity index (χ0n) is 18.1. The van der Waals surface area contributed by atoms with E-state index in [4.69, 9.17) is 10.8 Å². The number of para-hydroxylation sites is 1. The summed E-state index contributed by atoms with van der Waals surface area (Å²) in [6, 6.07) is 4.32. The minimum Gasteiger partial charge on any atom is -0.481 e. The lowest BCUT2D eigenvalue weighted by molar-refractivity contribution is -0.143. The number of carbonyl (C=O) groups is 4. The number of hydrogen-bond acceptors (Lipinski definition) is 5. The number of carbonyl (C=O) groups excluding carboxylic acids is 2. The highest BCUT2D eigenvalue weighted by Gasteiger charge is 2.31. The molecule has 0 radical (unpaired) electrons. The van der Waals surface area contributed by atoms with Gasteiger partial charge in [0.15, 0.2) is 0 Å². The van der Waals surface area contributed by atoms with Crippen LogP contribution in [0.4, 0.5) is 0 Å². The van der Waals surface area contributed by atoms with Crippen LogP contribution in [0.3, 0.4) is 0 Å². The number of H-pyrrole nitrogens is 1. The van der Waals surface area contributed by atoms with E-state index < -0.39 is 48.3 Å². The molecule has 0 bridgehead atoms. The van der Waals surface area contributed by atoms with Crippen LogP contribution in [0.2, 0.25) is 0 Å². The third kappa shape index (κ3) is 6.55. The smallest absolute Gasteiger partial charge is 0.326 e. The minimum atomic E-state index is -1.37. The maximum atomic E-state index is 12.8. The van der Waals surface area contributed by atoms with E-state index in [2.05, 4.69) is 15.6 Å². The van der Waals surface area contributed by atoms with Gasteiger partial charge in [0.05, 0.1) is 6.04 Å². The molecule has 0 aliphatic carbocycles. The summed E-state index contributed by atoms with van der Waals surface area (Å²) in [7, 11) is 0. The molecule has 4 unspecified atom stereocenters. The number of aromatic nitrogens is 1. The molecule has 32 heavy (non-hydrogen) atoms. The summed E-state index contributed by atoms with van der Waals surface area (Å²) in [6.45, 7) is 3.59. The Balaban J connectivity index is 2.07. The summed E-state index contributed by atoms with van der Waals surface area (Å²) in [5.74, 6) is -4.03. The second-order valence-electron chi connectivity index (χ2n) is 7.87. The van der Waals surface area contributed by atoms with Crippen molar-refractivity contribution in [2.24, 2.45) is 11.7 Å². The number of benzene rings is 1. The average molecular weight is 447 g/mol. The molecule has 4 atom stereocenters. The first-order chi connectivity index (χ1) is 15.1. The van der Waals surface area contributed by atoms with Crippen molar-refractivity contribution in [2.75, 3.05) is 0 Å². The van der Waals surface area contributed by atoms with Crippen molar-refractivity contribution in [2.45, 2.75) is 57.7 Å². The molecular formula is C22H30N4O6. The summed E-state index contributed by atoms with van der Waals surface area (Å²) in [6.07, 6.45) is 1.91. The number of carboxylic acid groups (broad SMARTS) is 2. The number of aliphatic carboxylic acids is 2. The first-order valence-corrected chi connectivity index (χ1v) is 10.5. The second kappa shape index (κ2) is 11.3. The van der Waals surface area contributed by atoms with E-state index in [0.717, 1.165) is 16.5 Å². The average Bonchev–Trinajstić information content (AvgIpc) is 3.16. The molecular weight excluding hydrogens is 416 g/mol. The van der Waals surface area contributed by atoms with Gasteiger partial charge in [-0.3, -0.25) is 14.4 Å². The lowest BCUT2D eigenvalue weighted by Crippen LogP contribution is -2.57. The minimum absolute atomic E-state index is 0.251. The predicted octanol–water partition coefficient (Wildman–Crippen LogP) is 1.00. The molecule has 10 heteroatoms. The van der Waals surface area contributed by atoms with Crippen molar-refractivity contribution < 1.29 is 29.4 Å². The van der Waals surface area contributed by atoms with Crippen LogP contribution in [0.25, 0.3) is 10.9 Å². The van der Waals surface area contributed by atoms with Crippen LogP contribution >= 0.6 is 0 Å². The van der Waals surface area contributed by atoms with E-state index in [9.17, 15) is 24.3 Å². The predicted molar refractivity (Wildman–Crippen MR) is 118 cm³/mol. The van der Waals surface area contributed by atoms with Crippen LogP contribution < -0.4 is 16.4 Å². The number of rotatable bonds is 12. The van der Waals surface area contributed by atoms with Gasteiger partial charge in [-0.1, -0.05) is 38.5 Å². The van der Waals surface area contributed by atoms with E-state index in [0.29, 0.717) is 6.42 Å². The summed E-state index contributed by atoms with van der Waals surface area (Å²) >= 11 is 0. The van der Waals surface area contributed by atoms with Gasteiger partial charge in [-0.25, -0.2) is 4.79 Å². The second-order valence-corrected chi connectivity index (χ2v) is 7.87. The molecule has 0 saturated carbocycles. The Morgan fingerprint density at radius 1 is 1.09 bits per heavy atom. The molecule has 2 rings (SSSR count). The van der Waals surface area contributed by atoms with Gasteiger partial charge in [0, 0.05) is 23.5 Å². The van der Waals surface area contributed by atoms with Gasteiger partial charge in [-0.2, -0.15) is 0 Å². The number of nitrogens with one attached hydrogen (secondary N) is 3. The van der Waals surface area contributed by atoms with Gasteiger partial charge >= 0.3 is 11.9 Å². The fraction of sp³-hybridized carbons (Fsp3) is 0.455. The molecule has 1 aromatic carbocycles. The van der Waals surface area contributed by atoms with Crippen LogP contribution in [0.5, 0.6) is 0 Å². The lowest BCUT2D eigenvalue weighted by atomic mass is 9.96. The van der Waals surface area contributed by atoms with Gasteiger partial charge in [0.2, 0.25) is 11.8 Å². The van der Waals surface area contributed by atoms with E-state index >= 15 is 0 Å². The number of hydrogen-bond donors (Lipinski definition) is 6. The number of fused-ring (bicyclic) bond motifs is 1. The number of nitrogens with two attached hydrogens (primary N) is 1. The van der Waals surface area contributed by atoms with Crippen LogP contribution in [0, 0.1) is 5.92 Å². The topological polar surface area (TPSA) is 175 Å². The Labute approximate surface area is 185 Å². The summed E-state index contributed by atoms with van der Waals surface area (Å²) in [5, 5.41) is 24.0. The first kappa shape index (κ1) is 24.9. The Hall–Kier alpha value is -3.40. The summed E-state index contributed by atoms with van der Waals surface area (Å²) < 4.78 is 0. The van der Waals surface area contributed by atoms with Gasteiger partial charge in [0.25, 0.3) is 0 Å². The normalized spacial score (nSPS) is 14.8. The molecule has 1 aromatic heterocycles. The molecule has 0 aliphatic heterocycles. The van der Waals surface area contributed by atoms with E-state index in [-0.39, 0.29) is 18.8 Å². The van der Waals surface area contributed by atoms with Crippen molar-refractivity contribution in [1.29, 1.82) is 0 Å². The fourth-order valence-corrected chi connectivity index (χ4v) is 3.38. The maximum Gasteiger partial charge on any atom is 0.326 e. The Morgan fingerprint density at radius 3 is 2.41 bits per heavy atom. The van der Waals surface area contributed by atoms with Crippen LogP contribution in [-0.2, 0) is 25.6 Å². The van der Waals surface area contributed by atoms with E-state index in [1.165, 1.54) is 0 Å². The highest BCUT2D eigenvalue weighted by atomic mass is 16.4. The third-order valence-electron chi connectivity index (χ3n) is 5.51. The molecule has 0 aliphatic rings. The Morgan fingerprint density at radius 2 is 1.78 bits per heavy atom. The zero-order chi connectivity index (χ0) is 23.8. The van der Waals surface area contributed by atoms with E-state index in [1.807, 2.05) is 31.2 Å². The van der Waals surface area contributed by atoms with Crippen molar-refractivity contribution in [3.05, 3.63) is 36.0 Å². The number of amides is 2. The van der Waals surface area contributed by atoms with Crippen molar-refractivity contribution in [3.63, 3.8) is 0 Å². The van der Waals surface area contributed by atoms with Gasteiger partial charge < -0.3 is 31.6 Å². The standard InChI is InChI=1S/C22H30N4O6/c1-3-12(2)19(21(30)25-17(22(31)32)8-9-18(27)28)26-20(29)15(23)10-13-11-24-16-7-5-4-6-14(13)16/h4-7,11-12,15,17,19,24H,3,8-10,23H2,1-2H3,(H,25,30)(H,26,29)(H,27,28)(H,31,32). The van der Waals surface area contributed by atoms with Crippen molar-refractivity contribution in [3.8, 4) is 0 Å².